The number of hydrogen-bond donors (Lipinski definition) is 1. The third-order valence-corrected chi connectivity index (χ3v) is 5.64. The van der Waals surface area contributed by atoms with Crippen LogP contribution in [0, 0.1) is 14.9 Å². The van der Waals surface area contributed by atoms with Crippen molar-refractivity contribution in [3.05, 3.63) is 90.9 Å². The number of nitrogens with one attached hydrogen (secondary N) is 1. The molecule has 0 aliphatic carbocycles. The molecule has 1 aromatic heterocycles. The normalized spacial score (nSPS) is 10.4. The van der Waals surface area contributed by atoms with Crippen LogP contribution in [0.5, 0.6) is 0 Å². The molecule has 3 rings (SSSR count). The maximum Gasteiger partial charge on any atom is 0.265 e. The number of rotatable bonds is 5. The lowest BCUT2D eigenvalue weighted by atomic mass is 10.1. The van der Waals surface area contributed by atoms with Crippen molar-refractivity contribution in [1.82, 2.24) is 9.97 Å². The van der Waals surface area contributed by atoms with Gasteiger partial charge in [-0.05, 0) is 45.9 Å². The highest BCUT2D eigenvalue weighted by Crippen LogP contribution is 2.21. The molecule has 0 aliphatic rings. The Morgan fingerprint density at radius 1 is 1.08 bits per heavy atom. The third-order valence-electron chi connectivity index (χ3n) is 3.58. The van der Waals surface area contributed by atoms with E-state index in [2.05, 4.69) is 16.0 Å². The van der Waals surface area contributed by atoms with Crippen molar-refractivity contribution in [3.8, 4) is 6.07 Å². The van der Waals surface area contributed by atoms with E-state index < -0.39 is 0 Å². The average molecular weight is 459 g/mol. The first kappa shape index (κ1) is 17.7. The smallest absolute Gasteiger partial charge is 0.265 e. The maximum absolute atomic E-state index is 12.2. The van der Waals surface area contributed by atoms with E-state index in [0.29, 0.717) is 26.5 Å². The lowest BCUT2D eigenvalue weighted by molar-refractivity contribution is 0.866. The van der Waals surface area contributed by atoms with Crippen LogP contribution >= 0.6 is 34.4 Å². The lowest BCUT2D eigenvalue weighted by Gasteiger charge is -2.07. The van der Waals surface area contributed by atoms with Gasteiger partial charge < -0.3 is 4.98 Å². The minimum absolute atomic E-state index is 0.108. The molecule has 124 valence electrons. The van der Waals surface area contributed by atoms with Crippen molar-refractivity contribution in [2.24, 2.45) is 0 Å². The Labute approximate surface area is 163 Å². The second-order valence-corrected chi connectivity index (χ2v) is 7.43. The Kier molecular flexibility index (Phi) is 5.89. The first-order valence-electron chi connectivity index (χ1n) is 7.60. The predicted octanol–water partition coefficient (Wildman–Crippen LogP) is 4.13. The van der Waals surface area contributed by atoms with E-state index in [1.165, 1.54) is 11.8 Å². The van der Waals surface area contributed by atoms with Gasteiger partial charge in [0.2, 0.25) is 0 Å². The summed E-state index contributed by atoms with van der Waals surface area (Å²) in [5.41, 5.74) is 3.53. The van der Waals surface area contributed by atoms with Gasteiger partial charge in [-0.3, -0.25) is 4.79 Å². The molecule has 3 aromatic rings. The topological polar surface area (TPSA) is 69.5 Å². The van der Waals surface area contributed by atoms with Gasteiger partial charge in [0, 0.05) is 12.2 Å². The third kappa shape index (κ3) is 4.71. The Hall–Kier alpha value is -2.11. The molecule has 25 heavy (non-hydrogen) atoms. The Morgan fingerprint density at radius 3 is 2.48 bits per heavy atom. The lowest BCUT2D eigenvalue weighted by Crippen LogP contribution is -2.16. The molecular formula is C19H14IN3OS. The molecule has 1 N–H and O–H groups in total. The van der Waals surface area contributed by atoms with Gasteiger partial charge in [-0.25, -0.2) is 4.98 Å². The highest BCUT2D eigenvalue weighted by atomic mass is 127. The van der Waals surface area contributed by atoms with Crippen molar-refractivity contribution < 1.29 is 0 Å². The van der Waals surface area contributed by atoms with Gasteiger partial charge >= 0.3 is 0 Å². The van der Waals surface area contributed by atoms with Crippen molar-refractivity contribution in [1.29, 1.82) is 5.26 Å². The van der Waals surface area contributed by atoms with E-state index in [1.807, 2.05) is 65.1 Å². The fourth-order valence-corrected chi connectivity index (χ4v) is 3.57. The van der Waals surface area contributed by atoms with Gasteiger partial charge in [-0.15, -0.1) is 0 Å². The highest BCUT2D eigenvalue weighted by molar-refractivity contribution is 14.1. The number of aromatic amines is 1. The zero-order valence-corrected chi connectivity index (χ0v) is 16.2. The summed E-state index contributed by atoms with van der Waals surface area (Å²) in [6.07, 6.45) is 0.632. The summed E-state index contributed by atoms with van der Waals surface area (Å²) >= 11 is 3.53. The molecule has 0 unspecified atom stereocenters. The molecule has 6 heteroatoms. The van der Waals surface area contributed by atoms with Crippen LogP contribution in [0.25, 0.3) is 0 Å². The predicted molar refractivity (Wildman–Crippen MR) is 108 cm³/mol. The zero-order chi connectivity index (χ0) is 17.6. The van der Waals surface area contributed by atoms with E-state index in [9.17, 15) is 4.79 Å². The molecule has 0 saturated carbocycles. The van der Waals surface area contributed by atoms with Crippen molar-refractivity contribution in [2.75, 3.05) is 0 Å². The van der Waals surface area contributed by atoms with Crippen molar-refractivity contribution in [2.45, 2.75) is 17.3 Å². The molecule has 2 aromatic carbocycles. The maximum atomic E-state index is 12.2. The van der Waals surface area contributed by atoms with Gasteiger partial charge in [0.1, 0.15) is 3.57 Å². The molecular weight excluding hydrogens is 445 g/mol. The number of hydrogen-bond acceptors (Lipinski definition) is 4. The molecule has 0 radical (unpaired) electrons. The van der Waals surface area contributed by atoms with E-state index in [4.69, 9.17) is 5.26 Å². The molecule has 0 atom stereocenters. The van der Waals surface area contributed by atoms with Gasteiger partial charge in [0.25, 0.3) is 5.56 Å². The fourth-order valence-electron chi connectivity index (χ4n) is 2.28. The number of thioether (sulfide) groups is 1. The largest absolute Gasteiger partial charge is 0.301 e. The molecule has 0 aliphatic heterocycles. The number of benzene rings is 2. The van der Waals surface area contributed by atoms with E-state index in [1.54, 1.807) is 12.1 Å². The van der Waals surface area contributed by atoms with Crippen LogP contribution in [0.1, 0.15) is 22.4 Å². The molecule has 0 saturated heterocycles. The minimum atomic E-state index is -0.108. The van der Waals surface area contributed by atoms with Crippen LogP contribution in [0.15, 0.2) is 64.5 Å². The van der Waals surface area contributed by atoms with E-state index in [0.717, 1.165) is 16.8 Å². The second kappa shape index (κ2) is 8.32. The van der Waals surface area contributed by atoms with Gasteiger partial charge in [0.05, 0.1) is 17.3 Å². The number of nitriles is 1. The van der Waals surface area contributed by atoms with Crippen LogP contribution < -0.4 is 5.56 Å². The highest BCUT2D eigenvalue weighted by Gasteiger charge is 2.10. The van der Waals surface area contributed by atoms with Crippen LogP contribution in [0.2, 0.25) is 0 Å². The van der Waals surface area contributed by atoms with Gasteiger partial charge in [-0.1, -0.05) is 54.2 Å². The molecule has 1 heterocycles. The van der Waals surface area contributed by atoms with E-state index in [-0.39, 0.29) is 5.56 Å². The molecule has 0 fully saturated rings. The Balaban J connectivity index is 1.77. The van der Waals surface area contributed by atoms with Crippen LogP contribution in [-0.4, -0.2) is 9.97 Å². The fraction of sp³-hybridized carbons (Fsp3) is 0.105. The Bertz CT molecular complexity index is 963. The summed E-state index contributed by atoms with van der Waals surface area (Å²) in [5, 5.41) is 9.45. The van der Waals surface area contributed by atoms with Crippen LogP contribution in [0.3, 0.4) is 0 Å². The molecule has 0 bridgehead atoms. The number of H-pyrrole nitrogens is 1. The monoisotopic (exact) mass is 459 g/mol. The average Bonchev–Trinajstić information content (AvgIpc) is 2.65. The van der Waals surface area contributed by atoms with E-state index >= 15 is 0 Å². The second-order valence-electron chi connectivity index (χ2n) is 5.39. The van der Waals surface area contributed by atoms with Gasteiger partial charge in [0.15, 0.2) is 5.16 Å². The standard InChI is InChI=1S/C19H14IN3OS/c20-17-16(10-13-4-2-1-3-5-13)22-19(23-18(17)24)25-12-15-8-6-14(11-21)7-9-15/h1-9H,10,12H2,(H,22,23,24). The van der Waals surface area contributed by atoms with Crippen molar-refractivity contribution in [3.63, 3.8) is 0 Å². The van der Waals surface area contributed by atoms with Gasteiger partial charge in [-0.2, -0.15) is 5.26 Å². The number of halogens is 1. The molecule has 4 nitrogen and oxygen atoms in total. The first-order valence-corrected chi connectivity index (χ1v) is 9.66. The summed E-state index contributed by atoms with van der Waals surface area (Å²) in [4.78, 5) is 19.6. The molecule has 0 spiro atoms. The first-order chi connectivity index (χ1) is 12.2. The quantitative estimate of drug-likeness (QED) is 0.354. The number of aromatic nitrogens is 2. The summed E-state index contributed by atoms with van der Waals surface area (Å²) in [7, 11) is 0. The zero-order valence-electron chi connectivity index (χ0n) is 13.2. The summed E-state index contributed by atoms with van der Waals surface area (Å²) in [6.45, 7) is 0. The summed E-state index contributed by atoms with van der Waals surface area (Å²) < 4.78 is 0.629. The molecule has 0 amide bonds. The van der Waals surface area contributed by atoms with Crippen LogP contribution in [-0.2, 0) is 12.2 Å². The van der Waals surface area contributed by atoms with Crippen molar-refractivity contribution >= 4 is 34.4 Å². The number of nitrogens with zero attached hydrogens (tertiary/aromatic N) is 2. The van der Waals surface area contributed by atoms with Crippen LogP contribution in [0.4, 0.5) is 0 Å². The SMILES string of the molecule is N#Cc1ccc(CSc2nc(Cc3ccccc3)c(I)c(=O)[nH]2)cc1. The Morgan fingerprint density at radius 2 is 1.80 bits per heavy atom. The summed E-state index contributed by atoms with van der Waals surface area (Å²) in [5.74, 6) is 0.681. The summed E-state index contributed by atoms with van der Waals surface area (Å²) in [6, 6.07) is 19.5. The minimum Gasteiger partial charge on any atom is -0.301 e.